The van der Waals surface area contributed by atoms with E-state index < -0.39 is 0 Å². The molecule has 6 aliphatic rings. The molecule has 9 aromatic carbocycles. The number of likely N-dealkylation sites (N-methyl/N-ethyl adjacent to an activating group) is 2. The zero-order chi connectivity index (χ0) is 90.7. The maximum Gasteiger partial charge on any atom is 0.324 e. The first-order valence-electron chi connectivity index (χ1n) is 42.2. The first-order valence-corrected chi connectivity index (χ1v) is 42.2. The molecule has 0 saturated heterocycles. The van der Waals surface area contributed by atoms with Crippen LogP contribution in [-0.4, -0.2) is 152 Å². The predicted octanol–water partition coefficient (Wildman–Crippen LogP) is 16.4. The van der Waals surface area contributed by atoms with Gasteiger partial charge in [-0.2, -0.15) is 0 Å². The van der Waals surface area contributed by atoms with E-state index in [4.69, 9.17) is 0 Å². The van der Waals surface area contributed by atoms with Crippen LogP contribution in [0.3, 0.4) is 0 Å². The number of urea groups is 1. The van der Waals surface area contributed by atoms with Crippen LogP contribution in [0.4, 0.5) is 16.2 Å². The van der Waals surface area contributed by atoms with Crippen LogP contribution in [0.15, 0.2) is 190 Å². The van der Waals surface area contributed by atoms with E-state index in [0.29, 0.717) is 24.8 Å². The molecule has 0 unspecified atom stereocenters. The molecule has 3 aromatic heterocycles. The third kappa shape index (κ3) is 21.7. The number of pyridine rings is 2. The lowest BCUT2D eigenvalue weighted by atomic mass is 9.98. The van der Waals surface area contributed by atoms with Crippen molar-refractivity contribution in [1.29, 1.82) is 0 Å². The number of hydrogen-bond donors (Lipinski definition) is 0. The Labute approximate surface area is 729 Å². The van der Waals surface area contributed by atoms with Gasteiger partial charge in [-0.1, -0.05) is 155 Å². The highest BCUT2D eigenvalue weighted by atomic mass is 16.2. The summed E-state index contributed by atoms with van der Waals surface area (Å²) < 4.78 is 5.04. The Bertz CT molecular complexity index is 6270. The van der Waals surface area contributed by atoms with Crippen molar-refractivity contribution >= 4 is 79.5 Å². The standard InChI is InChI=1S/2C13H15NO.3C11H14N2O.C11H12N2O.2C11H13NO.C10H11NO/c1-4-10-8-14(3)13(15)11-6-5-9(2)7-12(10)11;1-4-14-12-6-5-9(2)7-11(12)10(3)8-13(14)15;1-8-4-5-10-9(6-8)7-12(2)13(3)11(10)14;1-8-4-5-9-7-12(2)11(14)13(3)10(9)6-8;1-8-4-5-9-7-12(2)13(3)11(14)10(9)6-8;1-7-4-5-10-9(6-7)11(14)13(3)8(2)12-10;1-8-3-4-9-7-12(2)11(13)6-10(9)5-8;1-3-12-10-5-4-8(2)6-9(10)7-11(12)13;1-7-3-4-9-8(5-7)6-11(2)10(9)12/h2*5-8H,4H2,1-3H3;3*4-6H,7H2,1-3H3;4-6H,1-3H3;3-5H,6-7H2,1-2H3;4-6H,3,7H2,1-2H3;3-5H,6H2,1-2H3. The molecule has 0 atom stereocenters. The minimum absolute atomic E-state index is 0.0243. The largest absolute Gasteiger partial charge is 0.341 e. The average Bonchev–Trinajstić information content (AvgIpc) is 0.978. The Hall–Kier alpha value is -12.9. The molecule has 6 aliphatic heterocycles. The number of rotatable bonds is 3. The van der Waals surface area contributed by atoms with Crippen LogP contribution in [0.25, 0.3) is 32.6 Å². The molecular formula is C102H121N13O9. The second-order valence-electron chi connectivity index (χ2n) is 33.4. The van der Waals surface area contributed by atoms with Gasteiger partial charge in [-0.05, 0) is 218 Å². The fourth-order valence-electron chi connectivity index (χ4n) is 15.9. The molecule has 0 radical (unpaired) electrons. The number of hydrazine groups is 2. The Balaban J connectivity index is 0.000000146. The fourth-order valence-corrected chi connectivity index (χ4v) is 15.9. The van der Waals surface area contributed by atoms with Crippen LogP contribution >= 0.6 is 0 Å². The molecule has 9 heterocycles. The highest BCUT2D eigenvalue weighted by molar-refractivity contribution is 6.02. The summed E-state index contributed by atoms with van der Waals surface area (Å²) in [7, 11) is 18.3. The van der Waals surface area contributed by atoms with Gasteiger partial charge in [0.15, 0.2) is 0 Å². The number of fused-ring (bicyclic) bond motifs is 9. The van der Waals surface area contributed by atoms with Crippen molar-refractivity contribution in [3.8, 4) is 0 Å². The zero-order valence-corrected chi connectivity index (χ0v) is 76.8. The van der Waals surface area contributed by atoms with E-state index in [1.54, 1.807) is 73.0 Å². The first-order chi connectivity index (χ1) is 58.7. The van der Waals surface area contributed by atoms with Crippen molar-refractivity contribution in [3.63, 3.8) is 0 Å². The number of hydrogen-bond acceptors (Lipinski definition) is 12. The smallest absolute Gasteiger partial charge is 0.324 e. The van der Waals surface area contributed by atoms with Crippen molar-refractivity contribution in [2.75, 3.05) is 72.7 Å². The van der Waals surface area contributed by atoms with Crippen LogP contribution in [-0.2, 0) is 82.2 Å². The molecule has 12 aromatic rings. The maximum atomic E-state index is 11.9. The Kier molecular flexibility index (Phi) is 30.4. The van der Waals surface area contributed by atoms with Gasteiger partial charge in [0.05, 0.1) is 34.9 Å². The summed E-state index contributed by atoms with van der Waals surface area (Å²) in [6, 6.07) is 56.5. The van der Waals surface area contributed by atoms with Crippen LogP contribution in [0.2, 0.25) is 0 Å². The van der Waals surface area contributed by atoms with Crippen LogP contribution in [0.5, 0.6) is 0 Å². The molecular weight excluding hydrogens is 1550 g/mol. The highest BCUT2D eigenvalue weighted by Gasteiger charge is 2.30. The molecule has 0 fully saturated rings. The minimum atomic E-state index is 0.0243. The molecule has 0 bridgehead atoms. The number of nitrogens with zero attached hydrogens (tertiary/aromatic N) is 13. The van der Waals surface area contributed by atoms with E-state index in [9.17, 15) is 43.2 Å². The third-order valence-corrected chi connectivity index (χ3v) is 23.3. The maximum absolute atomic E-state index is 11.9. The quantitative estimate of drug-likeness (QED) is 0.162. The van der Waals surface area contributed by atoms with Gasteiger partial charge in [0, 0.05) is 162 Å². The van der Waals surface area contributed by atoms with Gasteiger partial charge in [-0.15, -0.1) is 0 Å². The lowest BCUT2D eigenvalue weighted by Crippen LogP contribution is -2.44. The second kappa shape index (κ2) is 40.4. The van der Waals surface area contributed by atoms with Crippen molar-refractivity contribution in [1.82, 2.24) is 53.4 Å². The summed E-state index contributed by atoms with van der Waals surface area (Å²) in [4.78, 5) is 118. The Morgan fingerprint density at radius 3 is 1.43 bits per heavy atom. The van der Waals surface area contributed by atoms with Crippen molar-refractivity contribution in [2.45, 2.75) is 155 Å². The SMILES string of the molecule is CCN1C(=O)Cc2cc(C)ccc21.CCc1cn(C)c(=O)c2ccc(C)cc12.CCn1c(=O)cc(C)c2cc(C)ccc21.Cc1ccc2c(c1)C(=O)N(C)N(C)C2.Cc1ccc2c(c1)CC(=O)N(C)C2.Cc1ccc2c(c1)CN(C)C2=O.Cc1ccc2c(c1)CN(C)N(C)C2=O.Cc1ccc2c(c1)N(C)C(=O)N(C)C2.Cc1ccc2nc(C)n(C)c(=O)c2c1. The topological polar surface area (TPSA) is 210 Å². The normalized spacial score (nSPS) is 14.2. The van der Waals surface area contributed by atoms with Gasteiger partial charge < -0.3 is 28.7 Å². The van der Waals surface area contributed by atoms with Gasteiger partial charge in [0.2, 0.25) is 11.8 Å². The molecule has 22 heteroatoms. The molecule has 7 amide bonds. The first kappa shape index (κ1) is 93.3. The molecule has 0 aliphatic carbocycles. The molecule has 124 heavy (non-hydrogen) atoms. The van der Waals surface area contributed by atoms with Gasteiger partial charge in [0.1, 0.15) is 5.82 Å². The monoisotopic (exact) mass is 1670 g/mol. The van der Waals surface area contributed by atoms with Crippen molar-refractivity contribution in [3.05, 3.63) is 330 Å². The number of benzene rings is 9. The van der Waals surface area contributed by atoms with Crippen LogP contribution in [0, 0.1) is 76.2 Å². The van der Waals surface area contributed by atoms with Crippen molar-refractivity contribution < 1.29 is 28.8 Å². The van der Waals surface area contributed by atoms with E-state index >= 15 is 0 Å². The van der Waals surface area contributed by atoms with Gasteiger partial charge in [-0.3, -0.25) is 57.8 Å². The number of carbonyl (C=O) groups is 6. The summed E-state index contributed by atoms with van der Waals surface area (Å²) in [6.07, 6.45) is 4.02. The number of anilines is 2. The minimum Gasteiger partial charge on any atom is -0.341 e. The van der Waals surface area contributed by atoms with Crippen molar-refractivity contribution in [2.24, 2.45) is 14.1 Å². The lowest BCUT2D eigenvalue weighted by molar-refractivity contribution is -0.130. The molecule has 18 rings (SSSR count). The van der Waals surface area contributed by atoms with E-state index in [-0.39, 0.29) is 52.2 Å². The molecule has 648 valence electrons. The zero-order valence-electron chi connectivity index (χ0n) is 76.8. The van der Waals surface area contributed by atoms with E-state index in [1.807, 2.05) is 221 Å². The van der Waals surface area contributed by atoms with E-state index in [1.165, 1.54) is 72.1 Å². The number of aromatic nitrogens is 4. The Morgan fingerprint density at radius 1 is 0.347 bits per heavy atom. The molecule has 0 spiro atoms. The highest BCUT2D eigenvalue weighted by Crippen LogP contribution is 2.32. The lowest BCUT2D eigenvalue weighted by Gasteiger charge is -2.34. The van der Waals surface area contributed by atoms with E-state index in [2.05, 4.69) is 112 Å². The second-order valence-corrected chi connectivity index (χ2v) is 33.4. The number of aryl methyl sites for hydroxylation is 14. The molecule has 22 nitrogen and oxygen atoms in total. The predicted molar refractivity (Wildman–Crippen MR) is 500 cm³/mol. The van der Waals surface area contributed by atoms with Crippen LogP contribution < -0.4 is 26.5 Å². The fraction of sp³-hybridized carbons (Fsp3) is 0.333. The average molecular weight is 1670 g/mol. The summed E-state index contributed by atoms with van der Waals surface area (Å²) in [5.41, 5.74) is 27.9. The van der Waals surface area contributed by atoms with Gasteiger partial charge >= 0.3 is 6.03 Å². The van der Waals surface area contributed by atoms with E-state index in [0.717, 1.165) is 135 Å². The van der Waals surface area contributed by atoms with Gasteiger partial charge in [-0.25, -0.2) is 19.8 Å². The Morgan fingerprint density at radius 2 is 0.815 bits per heavy atom. The summed E-state index contributed by atoms with van der Waals surface area (Å²) in [6.45, 7) is 33.6. The number of carbonyl (C=O) groups excluding carboxylic acids is 6. The van der Waals surface area contributed by atoms with Crippen LogP contribution in [0.1, 0.15) is 158 Å². The molecule has 0 N–H and O–H groups in total. The summed E-state index contributed by atoms with van der Waals surface area (Å²) in [5, 5.41) is 10.9. The third-order valence-electron chi connectivity index (χ3n) is 23.3. The molecule has 0 saturated carbocycles. The number of amides is 7. The summed E-state index contributed by atoms with van der Waals surface area (Å²) >= 11 is 0. The summed E-state index contributed by atoms with van der Waals surface area (Å²) in [5.74, 6) is 1.49. The van der Waals surface area contributed by atoms with Gasteiger partial charge in [0.25, 0.3) is 34.4 Å².